The number of rotatable bonds is 4. The second-order valence-electron chi connectivity index (χ2n) is 5.54. The maximum absolute atomic E-state index is 11.8. The summed E-state index contributed by atoms with van der Waals surface area (Å²) in [5.74, 6) is 0.291. The van der Waals surface area contributed by atoms with Gasteiger partial charge < -0.3 is 9.47 Å². The van der Waals surface area contributed by atoms with Crippen molar-refractivity contribution in [1.82, 2.24) is 4.90 Å². The van der Waals surface area contributed by atoms with E-state index >= 15 is 0 Å². The second-order valence-corrected chi connectivity index (χ2v) is 7.07. The van der Waals surface area contributed by atoms with Crippen LogP contribution in [0.1, 0.15) is 18.4 Å². The molecule has 116 valence electrons. The Bertz CT molecular complexity index is 634. The summed E-state index contributed by atoms with van der Waals surface area (Å²) in [7, 11) is -2.36. The van der Waals surface area contributed by atoms with Crippen LogP contribution in [-0.2, 0) is 20.3 Å². The zero-order chi connectivity index (χ0) is 15.1. The van der Waals surface area contributed by atoms with E-state index < -0.39 is 10.0 Å². The molecule has 1 saturated heterocycles. The minimum Gasteiger partial charge on any atom is -0.495 e. The van der Waals surface area contributed by atoms with Crippen molar-refractivity contribution in [2.24, 2.45) is 5.14 Å². The molecule has 1 aliphatic heterocycles. The van der Waals surface area contributed by atoms with Crippen LogP contribution in [0.15, 0.2) is 23.1 Å². The summed E-state index contributed by atoms with van der Waals surface area (Å²) in [4.78, 5) is 2.44. The molecule has 1 aliphatic carbocycles. The van der Waals surface area contributed by atoms with E-state index in [2.05, 4.69) is 4.90 Å². The zero-order valence-corrected chi connectivity index (χ0v) is 12.9. The van der Waals surface area contributed by atoms with Crippen LogP contribution < -0.4 is 9.88 Å². The number of hydrogen-bond acceptors (Lipinski definition) is 5. The number of hydrogen-bond donors (Lipinski definition) is 1. The number of sulfonamides is 1. The molecule has 0 bridgehead atoms. The molecule has 0 aromatic heterocycles. The van der Waals surface area contributed by atoms with Gasteiger partial charge in [-0.2, -0.15) is 0 Å². The van der Waals surface area contributed by atoms with Gasteiger partial charge in [0.1, 0.15) is 10.6 Å². The van der Waals surface area contributed by atoms with Crippen molar-refractivity contribution in [3.8, 4) is 5.75 Å². The lowest BCUT2D eigenvalue weighted by Gasteiger charge is -2.35. The molecule has 6 nitrogen and oxygen atoms in total. The van der Waals surface area contributed by atoms with Gasteiger partial charge in [-0.1, -0.05) is 6.07 Å². The van der Waals surface area contributed by atoms with Crippen molar-refractivity contribution in [3.63, 3.8) is 0 Å². The van der Waals surface area contributed by atoms with Crippen LogP contribution in [0.2, 0.25) is 0 Å². The molecular weight excluding hydrogens is 292 g/mol. The summed E-state index contributed by atoms with van der Waals surface area (Å²) in [6, 6.07) is 5.29. The largest absolute Gasteiger partial charge is 0.495 e. The molecule has 1 heterocycles. The number of primary sulfonamides is 1. The van der Waals surface area contributed by atoms with Crippen molar-refractivity contribution >= 4 is 10.0 Å². The fourth-order valence-corrected chi connectivity index (χ4v) is 3.81. The highest BCUT2D eigenvalue weighted by atomic mass is 32.2. The van der Waals surface area contributed by atoms with E-state index in [1.165, 1.54) is 7.11 Å². The van der Waals surface area contributed by atoms with Gasteiger partial charge in [0.2, 0.25) is 10.0 Å². The van der Waals surface area contributed by atoms with E-state index in [4.69, 9.17) is 14.6 Å². The van der Waals surface area contributed by atoms with E-state index in [0.717, 1.165) is 44.7 Å². The minimum absolute atomic E-state index is 0.0574. The molecule has 21 heavy (non-hydrogen) atoms. The minimum atomic E-state index is -3.80. The van der Waals surface area contributed by atoms with E-state index in [-0.39, 0.29) is 10.4 Å². The number of benzene rings is 1. The third-order valence-corrected chi connectivity index (χ3v) is 5.28. The molecule has 1 saturated carbocycles. The Hall–Kier alpha value is -1.15. The molecule has 7 heteroatoms. The first-order chi connectivity index (χ1) is 9.97. The highest BCUT2D eigenvalue weighted by molar-refractivity contribution is 7.89. The predicted octanol–water partition coefficient (Wildman–Crippen LogP) is 0.664. The molecule has 2 N–H and O–H groups in total. The van der Waals surface area contributed by atoms with Gasteiger partial charge in [0.15, 0.2) is 0 Å². The van der Waals surface area contributed by atoms with Crippen molar-refractivity contribution in [2.45, 2.75) is 23.3 Å². The smallest absolute Gasteiger partial charge is 0.241 e. The van der Waals surface area contributed by atoms with Crippen molar-refractivity contribution in [1.29, 1.82) is 0 Å². The fourth-order valence-electron chi connectivity index (χ4n) is 3.09. The van der Waals surface area contributed by atoms with E-state index in [0.29, 0.717) is 5.75 Å². The van der Waals surface area contributed by atoms with Crippen molar-refractivity contribution in [3.05, 3.63) is 23.8 Å². The average molecular weight is 312 g/mol. The summed E-state index contributed by atoms with van der Waals surface area (Å²) in [5.41, 5.74) is 0.935. The average Bonchev–Trinajstić information content (AvgIpc) is 3.28. The van der Waals surface area contributed by atoms with Crippen LogP contribution >= 0.6 is 0 Å². The number of ether oxygens (including phenoxy) is 2. The maximum atomic E-state index is 11.8. The Labute approximate surface area is 124 Å². The van der Waals surface area contributed by atoms with E-state index in [1.807, 2.05) is 6.07 Å². The molecule has 2 fully saturated rings. The third-order valence-electron chi connectivity index (χ3n) is 4.35. The second kappa shape index (κ2) is 5.24. The van der Waals surface area contributed by atoms with Gasteiger partial charge in [0.25, 0.3) is 0 Å². The van der Waals surface area contributed by atoms with Gasteiger partial charge in [0.05, 0.1) is 20.3 Å². The highest BCUT2D eigenvalue weighted by Gasteiger charge is 2.49. The van der Waals surface area contributed by atoms with E-state index in [9.17, 15) is 8.42 Å². The predicted molar refractivity (Wildman–Crippen MR) is 77.7 cm³/mol. The van der Waals surface area contributed by atoms with Crippen LogP contribution in [-0.4, -0.2) is 46.7 Å². The van der Waals surface area contributed by atoms with Gasteiger partial charge in [-0.15, -0.1) is 0 Å². The monoisotopic (exact) mass is 312 g/mol. The van der Waals surface area contributed by atoms with Gasteiger partial charge in [-0.05, 0) is 30.5 Å². The summed E-state index contributed by atoms with van der Waals surface area (Å²) in [5, 5.41) is 5.30. The standard InChI is InChI=1S/C14H20N2O4S/c1-19-12-3-2-11(10-13(12)21(15,17)18)14(4-5-14)16-6-8-20-9-7-16/h2-3,10H,4-9H2,1H3,(H2,15,17,18). The number of nitrogens with two attached hydrogens (primary N) is 1. The summed E-state index contributed by atoms with van der Waals surface area (Å²) in [6.45, 7) is 3.19. The molecule has 0 radical (unpaired) electrons. The topological polar surface area (TPSA) is 81.9 Å². The Balaban J connectivity index is 1.99. The zero-order valence-electron chi connectivity index (χ0n) is 12.0. The summed E-state index contributed by atoms with van der Waals surface area (Å²) < 4.78 is 34.0. The first-order valence-corrected chi connectivity index (χ1v) is 8.56. The van der Waals surface area contributed by atoms with Crippen LogP contribution in [0.4, 0.5) is 0 Å². The molecule has 0 amide bonds. The lowest BCUT2D eigenvalue weighted by atomic mass is 10.0. The van der Waals surface area contributed by atoms with Crippen LogP contribution in [0.3, 0.4) is 0 Å². The van der Waals surface area contributed by atoms with Crippen LogP contribution in [0.5, 0.6) is 5.75 Å². The quantitative estimate of drug-likeness (QED) is 0.883. The number of methoxy groups -OCH3 is 1. The molecule has 1 aromatic carbocycles. The molecule has 2 aliphatic rings. The van der Waals surface area contributed by atoms with Gasteiger partial charge >= 0.3 is 0 Å². The first-order valence-electron chi connectivity index (χ1n) is 7.01. The van der Waals surface area contributed by atoms with Crippen LogP contribution in [0, 0.1) is 0 Å². The van der Waals surface area contributed by atoms with E-state index in [1.54, 1.807) is 12.1 Å². The lowest BCUT2D eigenvalue weighted by Crippen LogP contribution is -2.43. The molecule has 0 atom stereocenters. The molecular formula is C14H20N2O4S. The van der Waals surface area contributed by atoms with Crippen molar-refractivity contribution < 1.29 is 17.9 Å². The third kappa shape index (κ3) is 2.66. The van der Waals surface area contributed by atoms with Crippen molar-refractivity contribution in [2.75, 3.05) is 33.4 Å². The van der Waals surface area contributed by atoms with Gasteiger partial charge in [0, 0.05) is 18.6 Å². The maximum Gasteiger partial charge on any atom is 0.241 e. The molecule has 3 rings (SSSR count). The Morgan fingerprint density at radius 1 is 1.29 bits per heavy atom. The highest BCUT2D eigenvalue weighted by Crippen LogP contribution is 2.52. The van der Waals surface area contributed by atoms with Gasteiger partial charge in [-0.25, -0.2) is 13.6 Å². The van der Waals surface area contributed by atoms with Crippen LogP contribution in [0.25, 0.3) is 0 Å². The Morgan fingerprint density at radius 3 is 2.48 bits per heavy atom. The Morgan fingerprint density at radius 2 is 1.95 bits per heavy atom. The first kappa shape index (κ1) is 14.8. The SMILES string of the molecule is COc1ccc(C2(N3CCOCC3)CC2)cc1S(N)(=O)=O. The fraction of sp³-hybridized carbons (Fsp3) is 0.571. The normalized spacial score (nSPS) is 22.0. The summed E-state index contributed by atoms with van der Waals surface area (Å²) in [6.07, 6.45) is 2.06. The number of nitrogens with zero attached hydrogens (tertiary/aromatic N) is 1. The lowest BCUT2D eigenvalue weighted by molar-refractivity contribution is 0.00828. The Kier molecular flexibility index (Phi) is 3.69. The number of morpholine rings is 1. The molecule has 0 spiro atoms. The molecule has 0 unspecified atom stereocenters. The van der Waals surface area contributed by atoms with Gasteiger partial charge in [-0.3, -0.25) is 4.90 Å². The summed E-state index contributed by atoms with van der Waals surface area (Å²) >= 11 is 0. The molecule has 1 aromatic rings.